The van der Waals surface area contributed by atoms with Gasteiger partial charge in [-0.25, -0.2) is 0 Å². The molecule has 2 aromatic heterocycles. The quantitative estimate of drug-likeness (QED) is 0.235. The fraction of sp³-hybridized carbons (Fsp3) is 0.419. The van der Waals surface area contributed by atoms with E-state index in [2.05, 4.69) is 33.2 Å². The van der Waals surface area contributed by atoms with E-state index in [0.29, 0.717) is 63.2 Å². The number of fused-ring (bicyclic) bond motifs is 2. The molecular weight excluding hydrogens is 542 g/mol. The van der Waals surface area contributed by atoms with Crippen LogP contribution in [0, 0.1) is 11.3 Å². The maximum Gasteiger partial charge on any atom is 0.199 e. The first-order valence-electron chi connectivity index (χ1n) is 14.2. The average Bonchev–Trinajstić information content (AvgIpc) is 3.47. The average molecular weight is 576 g/mol. The van der Waals surface area contributed by atoms with Gasteiger partial charge in [-0.2, -0.15) is 5.26 Å². The molecule has 6 rings (SSSR count). The van der Waals surface area contributed by atoms with Crippen LogP contribution in [0.2, 0.25) is 5.02 Å². The number of pyridine rings is 1. The van der Waals surface area contributed by atoms with Gasteiger partial charge < -0.3 is 33.7 Å². The molecule has 0 bridgehead atoms. The van der Waals surface area contributed by atoms with Crippen molar-refractivity contribution in [3.8, 4) is 17.6 Å². The van der Waals surface area contributed by atoms with E-state index in [0.717, 1.165) is 63.8 Å². The predicted octanol–water partition coefficient (Wildman–Crippen LogP) is 6.17. The molecule has 2 aliphatic rings. The molecular formula is C31H34ClN5O4. The number of aromatic nitrogens is 1. The molecule has 0 radical (unpaired) electrons. The van der Waals surface area contributed by atoms with Crippen molar-refractivity contribution in [2.24, 2.45) is 0 Å². The first kappa shape index (κ1) is 27.6. The van der Waals surface area contributed by atoms with E-state index in [1.165, 1.54) is 0 Å². The third kappa shape index (κ3) is 6.21. The van der Waals surface area contributed by atoms with Crippen molar-refractivity contribution in [1.29, 1.82) is 5.26 Å². The largest absolute Gasteiger partial charge is 0.493 e. The Hall–Kier alpha value is -3.55. The van der Waals surface area contributed by atoms with Gasteiger partial charge in [0.05, 0.1) is 52.3 Å². The normalized spacial score (nSPS) is 18.4. The number of benzene rings is 2. The zero-order valence-electron chi connectivity index (χ0n) is 23.2. The number of hydrogen-bond donors (Lipinski definition) is 1. The van der Waals surface area contributed by atoms with E-state index in [1.807, 2.05) is 24.3 Å². The fourth-order valence-corrected chi connectivity index (χ4v) is 5.63. The van der Waals surface area contributed by atoms with Crippen molar-refractivity contribution in [2.45, 2.75) is 32.0 Å². The molecule has 1 atom stereocenters. The van der Waals surface area contributed by atoms with Gasteiger partial charge in [-0.3, -0.25) is 4.98 Å². The van der Waals surface area contributed by atoms with Gasteiger partial charge >= 0.3 is 0 Å². The molecule has 4 heterocycles. The maximum atomic E-state index is 10.1. The number of anilines is 2. The number of ether oxygens (including phenoxy) is 3. The Kier molecular flexibility index (Phi) is 8.44. The Bertz CT molecular complexity index is 1550. The Morgan fingerprint density at radius 1 is 1.15 bits per heavy atom. The maximum absolute atomic E-state index is 10.1. The second-order valence-corrected chi connectivity index (χ2v) is 11.0. The highest BCUT2D eigenvalue weighted by Crippen LogP contribution is 2.42. The lowest BCUT2D eigenvalue weighted by atomic mass is 10.1. The highest BCUT2D eigenvalue weighted by atomic mass is 35.5. The number of nitrogens with one attached hydrogen (secondary N) is 1. The molecule has 0 aliphatic carbocycles. The summed E-state index contributed by atoms with van der Waals surface area (Å²) in [7, 11) is 2.17. The number of rotatable bonds is 9. The molecule has 2 fully saturated rings. The van der Waals surface area contributed by atoms with E-state index < -0.39 is 0 Å². The molecule has 9 nitrogen and oxygen atoms in total. The summed E-state index contributed by atoms with van der Waals surface area (Å²) in [5.74, 6) is 1.21. The predicted molar refractivity (Wildman–Crippen MR) is 159 cm³/mol. The zero-order valence-corrected chi connectivity index (χ0v) is 24.0. The number of likely N-dealkylation sites (N-methyl/N-ethyl adjacent to an activating group) is 1. The molecule has 214 valence electrons. The van der Waals surface area contributed by atoms with Gasteiger partial charge in [0, 0.05) is 62.9 Å². The summed E-state index contributed by atoms with van der Waals surface area (Å²) in [4.78, 5) is 9.46. The van der Waals surface area contributed by atoms with E-state index in [-0.39, 0.29) is 6.29 Å². The first-order chi connectivity index (χ1) is 20.1. The van der Waals surface area contributed by atoms with Crippen LogP contribution in [0.3, 0.4) is 0 Å². The molecule has 2 aromatic carbocycles. The molecule has 2 aliphatic heterocycles. The van der Waals surface area contributed by atoms with Crippen LogP contribution in [-0.4, -0.2) is 74.1 Å². The fourth-order valence-electron chi connectivity index (χ4n) is 5.42. The van der Waals surface area contributed by atoms with Gasteiger partial charge in [-0.1, -0.05) is 11.6 Å². The van der Waals surface area contributed by atoms with Gasteiger partial charge in [0.25, 0.3) is 0 Å². The Morgan fingerprint density at radius 3 is 2.83 bits per heavy atom. The minimum Gasteiger partial charge on any atom is -0.493 e. The van der Waals surface area contributed by atoms with E-state index >= 15 is 0 Å². The monoisotopic (exact) mass is 575 g/mol. The number of halogens is 1. The number of nitriles is 1. The van der Waals surface area contributed by atoms with Gasteiger partial charge in [-0.15, -0.1) is 0 Å². The van der Waals surface area contributed by atoms with Gasteiger partial charge in [0.2, 0.25) is 0 Å². The minimum absolute atomic E-state index is 0.365. The zero-order chi connectivity index (χ0) is 28.2. The van der Waals surface area contributed by atoms with Crippen LogP contribution in [0.4, 0.5) is 11.4 Å². The molecule has 4 aromatic rings. The van der Waals surface area contributed by atoms with E-state index in [9.17, 15) is 5.26 Å². The van der Waals surface area contributed by atoms with Crippen LogP contribution in [0.15, 0.2) is 47.2 Å². The molecule has 2 saturated heterocycles. The highest BCUT2D eigenvalue weighted by Gasteiger charge is 2.22. The summed E-state index contributed by atoms with van der Waals surface area (Å²) in [5, 5.41) is 15.5. The Labute approximate surface area is 244 Å². The summed E-state index contributed by atoms with van der Waals surface area (Å²) >= 11 is 6.63. The standard InChI is InChI=1S/C31H34ClN5O4/c1-36-10-12-37(13-11-36)9-4-15-38-22-17-25-29(27(18-22)41-28-5-2-3-14-40-28)30(21(19-33)20-34-25)35-31-23-8-16-39-26(23)7-6-24(31)32/h6-8,16-18,20,28H,2-5,9-15H2,1H3,(H,34,35). The lowest BCUT2D eigenvalue weighted by Gasteiger charge is -2.32. The van der Waals surface area contributed by atoms with Crippen molar-refractivity contribution in [3.05, 3.63) is 53.4 Å². The van der Waals surface area contributed by atoms with Gasteiger partial charge in [0.1, 0.15) is 23.2 Å². The van der Waals surface area contributed by atoms with Crippen molar-refractivity contribution in [3.63, 3.8) is 0 Å². The molecule has 1 unspecified atom stereocenters. The second kappa shape index (κ2) is 12.5. The summed E-state index contributed by atoms with van der Waals surface area (Å²) in [6.07, 6.45) is 6.53. The Morgan fingerprint density at radius 2 is 2.02 bits per heavy atom. The molecule has 0 amide bonds. The number of nitrogens with zero attached hydrogens (tertiary/aromatic N) is 4. The summed E-state index contributed by atoms with van der Waals surface area (Å²) in [6.45, 7) is 6.60. The highest BCUT2D eigenvalue weighted by molar-refractivity contribution is 6.35. The molecule has 1 N–H and O–H groups in total. The van der Waals surface area contributed by atoms with Crippen molar-refractivity contribution in [2.75, 3.05) is 58.3 Å². The van der Waals surface area contributed by atoms with Crippen LogP contribution in [0.25, 0.3) is 21.9 Å². The third-order valence-corrected chi connectivity index (χ3v) is 8.06. The lowest BCUT2D eigenvalue weighted by Crippen LogP contribution is -2.44. The molecule has 41 heavy (non-hydrogen) atoms. The topological polar surface area (TPSA) is 96.0 Å². The number of furan rings is 1. The number of hydrogen-bond acceptors (Lipinski definition) is 9. The number of piperazine rings is 1. The Balaban J connectivity index is 1.32. The summed E-state index contributed by atoms with van der Waals surface area (Å²) < 4.78 is 24.2. The first-order valence-corrected chi connectivity index (χ1v) is 14.6. The van der Waals surface area contributed by atoms with Gasteiger partial charge in [-0.05, 0) is 44.5 Å². The van der Waals surface area contributed by atoms with Crippen LogP contribution in [0.1, 0.15) is 31.2 Å². The molecule has 0 spiro atoms. The van der Waals surface area contributed by atoms with Crippen LogP contribution < -0.4 is 14.8 Å². The van der Waals surface area contributed by atoms with Crippen LogP contribution in [-0.2, 0) is 4.74 Å². The SMILES string of the molecule is CN1CCN(CCCOc2cc(OC3CCCCO3)c3c(Nc4c(Cl)ccc5occc45)c(C#N)cnc3c2)CC1. The summed E-state index contributed by atoms with van der Waals surface area (Å²) in [6, 6.07) is 11.5. The van der Waals surface area contributed by atoms with Gasteiger partial charge in [0.15, 0.2) is 6.29 Å². The van der Waals surface area contributed by atoms with Crippen LogP contribution >= 0.6 is 11.6 Å². The smallest absolute Gasteiger partial charge is 0.199 e. The van der Waals surface area contributed by atoms with Crippen molar-refractivity contribution in [1.82, 2.24) is 14.8 Å². The third-order valence-electron chi connectivity index (χ3n) is 7.74. The van der Waals surface area contributed by atoms with Crippen molar-refractivity contribution < 1.29 is 18.6 Å². The van der Waals surface area contributed by atoms with E-state index in [1.54, 1.807) is 18.5 Å². The molecule has 0 saturated carbocycles. The summed E-state index contributed by atoms with van der Waals surface area (Å²) in [5.41, 5.74) is 2.90. The second-order valence-electron chi connectivity index (χ2n) is 10.6. The lowest BCUT2D eigenvalue weighted by molar-refractivity contribution is -0.105. The molecule has 10 heteroatoms. The van der Waals surface area contributed by atoms with E-state index in [4.69, 9.17) is 30.2 Å². The van der Waals surface area contributed by atoms with Crippen molar-refractivity contribution >= 4 is 44.8 Å². The minimum atomic E-state index is -0.390. The van der Waals surface area contributed by atoms with Crippen LogP contribution in [0.5, 0.6) is 11.5 Å².